The number of nitrogens with two attached hydrogens (primary N) is 1. The van der Waals surface area contributed by atoms with E-state index in [0.717, 1.165) is 78.0 Å². The SMILES string of the molecule is NS(=O)(=O)c1cc(CO)cs1.O=C(Nc1c2c(cc3c1CCC3)CCC2)NS(=O)(=O)c1cc(CO)cs1. The average molecular weight is 586 g/mol. The normalized spacial score (nSPS) is 14.5. The van der Waals surface area contributed by atoms with Crippen molar-refractivity contribution in [3.63, 3.8) is 0 Å². The number of urea groups is 1. The molecule has 0 unspecified atom stereocenters. The monoisotopic (exact) mass is 585 g/mol. The lowest BCUT2D eigenvalue weighted by molar-refractivity contribution is 0.256. The summed E-state index contributed by atoms with van der Waals surface area (Å²) < 4.78 is 48.3. The first-order chi connectivity index (χ1) is 17.5. The number of anilines is 1. The number of primary sulfonamides is 1. The summed E-state index contributed by atoms with van der Waals surface area (Å²) in [6.45, 7) is -0.396. The molecule has 0 aliphatic heterocycles. The Kier molecular flexibility index (Phi) is 8.38. The Morgan fingerprint density at radius 2 is 1.35 bits per heavy atom. The van der Waals surface area contributed by atoms with Crippen molar-refractivity contribution >= 4 is 54.4 Å². The number of carbonyl (C=O) groups is 1. The Bertz CT molecular complexity index is 1490. The van der Waals surface area contributed by atoms with Crippen LogP contribution >= 0.6 is 22.7 Å². The number of carbonyl (C=O) groups excluding carboxylic acids is 1. The molecule has 0 spiro atoms. The molecule has 2 aliphatic rings. The number of rotatable bonds is 6. The quantitative estimate of drug-likeness (QED) is 0.295. The maximum absolute atomic E-state index is 12.4. The van der Waals surface area contributed by atoms with Crippen LogP contribution in [0, 0.1) is 0 Å². The van der Waals surface area contributed by atoms with E-state index >= 15 is 0 Å². The van der Waals surface area contributed by atoms with E-state index in [0.29, 0.717) is 11.1 Å². The zero-order valence-corrected chi connectivity index (χ0v) is 23.0. The molecule has 0 fully saturated rings. The highest BCUT2D eigenvalue weighted by molar-refractivity contribution is 7.92. The van der Waals surface area contributed by atoms with Crippen LogP contribution in [0.1, 0.15) is 46.2 Å². The number of aliphatic hydroxyl groups excluding tert-OH is 2. The second-order valence-electron chi connectivity index (χ2n) is 8.70. The molecule has 37 heavy (non-hydrogen) atoms. The molecule has 0 atom stereocenters. The summed E-state index contributed by atoms with van der Waals surface area (Å²) in [7, 11) is -7.54. The van der Waals surface area contributed by atoms with Gasteiger partial charge in [-0.2, -0.15) is 0 Å². The standard InChI is InChI=1S/C18H20N2O4S2.C5H7NO3S2/c21-9-11-7-16(25-10-11)26(23,24)20-18(22)19-17-14-5-1-3-12(14)8-13-4-2-6-15(13)17;6-11(8,9)5-1-4(2-7)3-10-5/h7-8,10,21H,1-6,9H2,(H2,19,20,22);1,3,7H,2H2,(H2,6,8,9). The van der Waals surface area contributed by atoms with Crippen molar-refractivity contribution in [1.82, 2.24) is 4.72 Å². The molecule has 0 bridgehead atoms. The lowest BCUT2D eigenvalue weighted by Gasteiger charge is -2.16. The van der Waals surface area contributed by atoms with Crippen molar-refractivity contribution in [2.24, 2.45) is 5.14 Å². The van der Waals surface area contributed by atoms with E-state index in [1.54, 1.807) is 10.8 Å². The first kappa shape index (κ1) is 27.7. The van der Waals surface area contributed by atoms with Gasteiger partial charge in [0.25, 0.3) is 10.0 Å². The summed E-state index contributed by atoms with van der Waals surface area (Å²) in [5.41, 5.74) is 6.73. The van der Waals surface area contributed by atoms with Gasteiger partial charge in [-0.3, -0.25) is 0 Å². The van der Waals surface area contributed by atoms with Crippen molar-refractivity contribution < 1.29 is 31.8 Å². The lowest BCUT2D eigenvalue weighted by Crippen LogP contribution is -2.34. The minimum atomic E-state index is -3.95. The van der Waals surface area contributed by atoms with Gasteiger partial charge in [0.1, 0.15) is 8.42 Å². The summed E-state index contributed by atoms with van der Waals surface area (Å²) >= 11 is 1.99. The predicted molar refractivity (Wildman–Crippen MR) is 142 cm³/mol. The van der Waals surface area contributed by atoms with Gasteiger partial charge in [0.05, 0.1) is 13.2 Å². The number of benzene rings is 1. The van der Waals surface area contributed by atoms with Gasteiger partial charge >= 0.3 is 6.03 Å². The summed E-state index contributed by atoms with van der Waals surface area (Å²) in [4.78, 5) is 12.4. The van der Waals surface area contributed by atoms with Gasteiger partial charge in [0.2, 0.25) is 10.0 Å². The summed E-state index contributed by atoms with van der Waals surface area (Å²) in [6, 6.07) is 4.25. The highest BCUT2D eigenvalue weighted by Gasteiger charge is 2.26. The summed E-state index contributed by atoms with van der Waals surface area (Å²) in [5, 5.41) is 28.4. The Morgan fingerprint density at radius 1 is 0.838 bits per heavy atom. The van der Waals surface area contributed by atoms with Crippen molar-refractivity contribution in [3.05, 3.63) is 62.3 Å². The fraction of sp³-hybridized carbons (Fsp3) is 0.348. The Balaban J connectivity index is 0.000000245. The molecule has 0 radical (unpaired) electrons. The van der Waals surface area contributed by atoms with E-state index in [-0.39, 0.29) is 21.6 Å². The molecule has 14 heteroatoms. The molecule has 0 saturated carbocycles. The number of sulfonamides is 2. The number of aliphatic hydroxyl groups is 2. The van der Waals surface area contributed by atoms with Crippen LogP contribution in [0.15, 0.2) is 37.4 Å². The van der Waals surface area contributed by atoms with E-state index < -0.39 is 26.1 Å². The first-order valence-electron chi connectivity index (χ1n) is 11.4. The molecule has 6 N–H and O–H groups in total. The van der Waals surface area contributed by atoms with Crippen molar-refractivity contribution in [1.29, 1.82) is 0 Å². The Morgan fingerprint density at radius 3 is 1.81 bits per heavy atom. The van der Waals surface area contributed by atoms with Crippen molar-refractivity contribution in [2.45, 2.75) is 60.2 Å². The highest BCUT2D eigenvalue weighted by atomic mass is 32.3. The second kappa shape index (κ2) is 11.2. The first-order valence-corrected chi connectivity index (χ1v) is 16.2. The number of nitrogens with one attached hydrogen (secondary N) is 2. The Hall–Kier alpha value is -2.33. The lowest BCUT2D eigenvalue weighted by atomic mass is 9.99. The number of thiophene rings is 2. The van der Waals surface area contributed by atoms with Crippen LogP contribution in [-0.2, 0) is 58.9 Å². The summed E-state index contributed by atoms with van der Waals surface area (Å²) in [6.07, 6.45) is 5.97. The molecular formula is C23H27N3O7S4. The molecule has 2 aliphatic carbocycles. The second-order valence-corrected chi connectivity index (χ2v) is 14.2. The van der Waals surface area contributed by atoms with Crippen LogP contribution in [0.5, 0.6) is 0 Å². The average Bonchev–Trinajstić information content (AvgIpc) is 3.64. The van der Waals surface area contributed by atoms with Crippen LogP contribution in [-0.4, -0.2) is 33.1 Å². The molecule has 2 amide bonds. The minimum absolute atomic E-state index is 0.0141. The van der Waals surface area contributed by atoms with E-state index in [2.05, 4.69) is 16.1 Å². The van der Waals surface area contributed by atoms with Gasteiger partial charge in [-0.1, -0.05) is 6.07 Å². The molecule has 10 nitrogen and oxygen atoms in total. The van der Waals surface area contributed by atoms with E-state index in [1.807, 2.05) is 0 Å². The van der Waals surface area contributed by atoms with Gasteiger partial charge in [0.15, 0.2) is 0 Å². The highest BCUT2D eigenvalue weighted by Crippen LogP contribution is 2.38. The third-order valence-corrected chi connectivity index (χ3v) is 11.4. The number of aryl methyl sites for hydroxylation is 2. The van der Waals surface area contributed by atoms with E-state index in [4.69, 9.17) is 15.4 Å². The topological polar surface area (TPSA) is 176 Å². The van der Waals surface area contributed by atoms with Crippen LogP contribution < -0.4 is 15.2 Å². The van der Waals surface area contributed by atoms with Crippen molar-refractivity contribution in [3.8, 4) is 0 Å². The zero-order chi connectivity index (χ0) is 26.8. The molecule has 200 valence electrons. The molecule has 0 saturated heterocycles. The minimum Gasteiger partial charge on any atom is -0.392 e. The number of hydrogen-bond donors (Lipinski definition) is 5. The number of amides is 2. The Labute approximate surface area is 223 Å². The van der Waals surface area contributed by atoms with Gasteiger partial charge < -0.3 is 15.5 Å². The predicted octanol–water partition coefficient (Wildman–Crippen LogP) is 2.62. The third-order valence-electron chi connectivity index (χ3n) is 6.11. The molecule has 2 aromatic heterocycles. The van der Waals surface area contributed by atoms with Crippen LogP contribution in [0.3, 0.4) is 0 Å². The van der Waals surface area contributed by atoms with Crippen LogP contribution in [0.25, 0.3) is 0 Å². The van der Waals surface area contributed by atoms with Gasteiger partial charge in [-0.05, 0) is 94.8 Å². The fourth-order valence-electron chi connectivity index (χ4n) is 4.44. The molecule has 1 aromatic carbocycles. The van der Waals surface area contributed by atoms with E-state index in [9.17, 15) is 21.6 Å². The van der Waals surface area contributed by atoms with E-state index in [1.165, 1.54) is 23.3 Å². The number of fused-ring (bicyclic) bond motifs is 2. The zero-order valence-electron chi connectivity index (χ0n) is 19.7. The van der Waals surface area contributed by atoms with Crippen LogP contribution in [0.4, 0.5) is 10.5 Å². The van der Waals surface area contributed by atoms with Crippen LogP contribution in [0.2, 0.25) is 0 Å². The molecule has 5 rings (SSSR count). The maximum atomic E-state index is 12.4. The molecular weight excluding hydrogens is 559 g/mol. The maximum Gasteiger partial charge on any atom is 0.333 e. The molecule has 2 heterocycles. The van der Waals surface area contributed by atoms with Gasteiger partial charge in [0, 0.05) is 5.69 Å². The van der Waals surface area contributed by atoms with Gasteiger partial charge in [-0.25, -0.2) is 31.5 Å². The van der Waals surface area contributed by atoms with Crippen molar-refractivity contribution in [2.75, 3.05) is 5.32 Å². The smallest absolute Gasteiger partial charge is 0.333 e. The van der Waals surface area contributed by atoms with Gasteiger partial charge in [-0.15, -0.1) is 22.7 Å². The molecule has 3 aromatic rings. The fourth-order valence-corrected chi connectivity index (χ4v) is 8.17. The summed E-state index contributed by atoms with van der Waals surface area (Å²) in [5.74, 6) is 0. The largest absolute Gasteiger partial charge is 0.392 e. The number of hydrogen-bond acceptors (Lipinski definition) is 9. The third kappa shape index (κ3) is 6.39.